The first kappa shape index (κ1) is 14.4. The second-order valence-corrected chi connectivity index (χ2v) is 6.36. The number of hydrogen-bond donors (Lipinski definition) is 1. The number of H-pyrrole nitrogens is 1. The minimum atomic E-state index is 0.0812. The Morgan fingerprint density at radius 3 is 3.00 bits per heavy atom. The van der Waals surface area contributed by atoms with E-state index in [-0.39, 0.29) is 12.5 Å². The van der Waals surface area contributed by atoms with Crippen molar-refractivity contribution < 1.29 is 9.53 Å². The van der Waals surface area contributed by atoms with E-state index >= 15 is 0 Å². The summed E-state index contributed by atoms with van der Waals surface area (Å²) in [5.41, 5.74) is 4.59. The van der Waals surface area contributed by atoms with Gasteiger partial charge in [-0.3, -0.25) is 4.79 Å². The molecule has 1 N–H and O–H groups in total. The maximum atomic E-state index is 11.6. The first-order valence-corrected chi connectivity index (χ1v) is 8.07. The Labute approximate surface area is 128 Å². The third-order valence-electron chi connectivity index (χ3n) is 3.76. The smallest absolute Gasteiger partial charge is 0.248 e. The van der Waals surface area contributed by atoms with Crippen LogP contribution < -0.4 is 0 Å². The summed E-state index contributed by atoms with van der Waals surface area (Å²) < 4.78 is 5.12. The number of fused-ring (bicyclic) bond motifs is 1. The molecule has 1 aliphatic rings. The normalized spacial score (nSPS) is 15.9. The van der Waals surface area contributed by atoms with E-state index < -0.39 is 0 Å². The van der Waals surface area contributed by atoms with E-state index in [1.165, 1.54) is 11.1 Å². The molecule has 0 aliphatic carbocycles. The summed E-state index contributed by atoms with van der Waals surface area (Å²) in [5, 5.41) is 0.913. The Morgan fingerprint density at radius 2 is 2.19 bits per heavy atom. The summed E-state index contributed by atoms with van der Waals surface area (Å²) in [6.45, 7) is 6.49. The third-order valence-corrected chi connectivity index (χ3v) is 4.61. The van der Waals surface area contributed by atoms with Crippen molar-refractivity contribution in [3.63, 3.8) is 0 Å². The summed E-state index contributed by atoms with van der Waals surface area (Å²) in [6.07, 6.45) is 0. The second kappa shape index (κ2) is 6.07. The van der Waals surface area contributed by atoms with Gasteiger partial charge in [-0.05, 0) is 37.1 Å². The van der Waals surface area contributed by atoms with Crippen molar-refractivity contribution in [2.45, 2.75) is 19.0 Å². The highest BCUT2D eigenvalue weighted by molar-refractivity contribution is 7.99. The first-order chi connectivity index (χ1) is 10.1. The Balaban J connectivity index is 1.61. The van der Waals surface area contributed by atoms with Gasteiger partial charge in [0.25, 0.3) is 0 Å². The Kier molecular flexibility index (Phi) is 4.17. The SMILES string of the molecule is Cc1cc2nc(SCCN3CCOCC3=O)[nH]c2cc1C. The molecule has 1 fully saturated rings. The lowest BCUT2D eigenvalue weighted by molar-refractivity contribution is -0.142. The number of rotatable bonds is 4. The van der Waals surface area contributed by atoms with Gasteiger partial charge in [-0.15, -0.1) is 0 Å². The second-order valence-electron chi connectivity index (χ2n) is 5.28. The molecule has 2 aromatic rings. The predicted molar refractivity (Wildman–Crippen MR) is 83.7 cm³/mol. The first-order valence-electron chi connectivity index (χ1n) is 7.09. The topological polar surface area (TPSA) is 58.2 Å². The Morgan fingerprint density at radius 1 is 1.38 bits per heavy atom. The van der Waals surface area contributed by atoms with Gasteiger partial charge in [-0.25, -0.2) is 4.98 Å². The molecule has 6 heteroatoms. The number of nitrogens with one attached hydrogen (secondary N) is 1. The van der Waals surface area contributed by atoms with Gasteiger partial charge in [0.15, 0.2) is 5.16 Å². The number of ether oxygens (including phenoxy) is 1. The van der Waals surface area contributed by atoms with Crippen LogP contribution in [-0.4, -0.2) is 52.8 Å². The maximum absolute atomic E-state index is 11.6. The number of benzene rings is 1. The molecular weight excluding hydrogens is 286 g/mol. The van der Waals surface area contributed by atoms with Crippen LogP contribution in [0.2, 0.25) is 0 Å². The highest BCUT2D eigenvalue weighted by atomic mass is 32.2. The molecular formula is C15H19N3O2S. The maximum Gasteiger partial charge on any atom is 0.248 e. The number of thioether (sulfide) groups is 1. The molecule has 21 heavy (non-hydrogen) atoms. The zero-order valence-corrected chi connectivity index (χ0v) is 13.1. The number of aromatic amines is 1. The number of amides is 1. The lowest BCUT2D eigenvalue weighted by atomic mass is 10.1. The van der Waals surface area contributed by atoms with E-state index in [4.69, 9.17) is 4.74 Å². The van der Waals surface area contributed by atoms with Crippen molar-refractivity contribution in [3.8, 4) is 0 Å². The van der Waals surface area contributed by atoms with Crippen LogP contribution in [0.25, 0.3) is 11.0 Å². The van der Waals surface area contributed by atoms with Crippen LogP contribution in [-0.2, 0) is 9.53 Å². The molecule has 2 heterocycles. The van der Waals surface area contributed by atoms with Crippen molar-refractivity contribution in [3.05, 3.63) is 23.3 Å². The molecule has 1 saturated heterocycles. The van der Waals surface area contributed by atoms with Crippen LogP contribution >= 0.6 is 11.8 Å². The molecule has 112 valence electrons. The summed E-state index contributed by atoms with van der Waals surface area (Å²) in [5.74, 6) is 0.918. The van der Waals surface area contributed by atoms with E-state index in [1.807, 2.05) is 4.90 Å². The third kappa shape index (κ3) is 3.22. The molecule has 5 nitrogen and oxygen atoms in total. The number of morpholine rings is 1. The van der Waals surface area contributed by atoms with Gasteiger partial charge in [0.2, 0.25) is 5.91 Å². The van der Waals surface area contributed by atoms with E-state index in [0.29, 0.717) is 13.2 Å². The fourth-order valence-electron chi connectivity index (χ4n) is 2.35. The summed E-state index contributed by atoms with van der Waals surface area (Å²) >= 11 is 1.65. The van der Waals surface area contributed by atoms with Crippen LogP contribution in [0.4, 0.5) is 0 Å². The zero-order valence-electron chi connectivity index (χ0n) is 12.3. The average molecular weight is 305 g/mol. The largest absolute Gasteiger partial charge is 0.370 e. The standard InChI is InChI=1S/C15H19N3O2S/c1-10-7-12-13(8-11(10)2)17-15(16-12)21-6-4-18-3-5-20-9-14(18)19/h7-8H,3-6,9H2,1-2H3,(H,16,17). The summed E-state index contributed by atoms with van der Waals surface area (Å²) in [4.78, 5) is 21.4. The summed E-state index contributed by atoms with van der Waals surface area (Å²) in [7, 11) is 0. The minimum Gasteiger partial charge on any atom is -0.370 e. The van der Waals surface area contributed by atoms with Gasteiger partial charge in [0.05, 0.1) is 17.6 Å². The Bertz CT molecular complexity index is 629. The van der Waals surface area contributed by atoms with Crippen LogP contribution in [0, 0.1) is 13.8 Å². The van der Waals surface area contributed by atoms with E-state index in [9.17, 15) is 4.79 Å². The van der Waals surface area contributed by atoms with Gasteiger partial charge in [0.1, 0.15) is 6.61 Å². The van der Waals surface area contributed by atoms with E-state index in [1.54, 1.807) is 11.8 Å². The monoisotopic (exact) mass is 305 g/mol. The molecule has 1 aliphatic heterocycles. The molecule has 1 aromatic heterocycles. The highest BCUT2D eigenvalue weighted by Crippen LogP contribution is 2.22. The molecule has 0 bridgehead atoms. The molecule has 1 amide bonds. The van der Waals surface area contributed by atoms with Crippen LogP contribution in [0.5, 0.6) is 0 Å². The molecule has 0 radical (unpaired) electrons. The zero-order chi connectivity index (χ0) is 14.8. The van der Waals surface area contributed by atoms with Crippen LogP contribution in [0.3, 0.4) is 0 Å². The fourth-order valence-corrected chi connectivity index (χ4v) is 3.20. The van der Waals surface area contributed by atoms with Crippen molar-refractivity contribution in [1.82, 2.24) is 14.9 Å². The molecule has 0 saturated carbocycles. The molecule has 1 aromatic carbocycles. The Hall–Kier alpha value is -1.53. The fraction of sp³-hybridized carbons (Fsp3) is 0.467. The number of carbonyl (C=O) groups excluding carboxylic acids is 1. The van der Waals surface area contributed by atoms with Crippen LogP contribution in [0.1, 0.15) is 11.1 Å². The number of imidazole rings is 1. The molecule has 3 rings (SSSR count). The average Bonchev–Trinajstić information content (AvgIpc) is 2.83. The van der Waals surface area contributed by atoms with Gasteiger partial charge in [0, 0.05) is 18.8 Å². The van der Waals surface area contributed by atoms with E-state index in [2.05, 4.69) is 35.9 Å². The van der Waals surface area contributed by atoms with Gasteiger partial charge < -0.3 is 14.6 Å². The number of nitrogens with zero attached hydrogens (tertiary/aromatic N) is 2. The van der Waals surface area contributed by atoms with Crippen molar-refractivity contribution in [2.75, 3.05) is 32.1 Å². The van der Waals surface area contributed by atoms with Crippen molar-refractivity contribution in [1.29, 1.82) is 0 Å². The number of carbonyl (C=O) groups is 1. The van der Waals surface area contributed by atoms with E-state index in [0.717, 1.165) is 28.5 Å². The molecule has 0 unspecified atom stereocenters. The lowest BCUT2D eigenvalue weighted by Gasteiger charge is -2.26. The van der Waals surface area contributed by atoms with Crippen LogP contribution in [0.15, 0.2) is 17.3 Å². The lowest BCUT2D eigenvalue weighted by Crippen LogP contribution is -2.42. The molecule has 0 atom stereocenters. The molecule has 0 spiro atoms. The van der Waals surface area contributed by atoms with Gasteiger partial charge in [-0.1, -0.05) is 11.8 Å². The highest BCUT2D eigenvalue weighted by Gasteiger charge is 2.18. The number of aryl methyl sites for hydroxylation is 2. The number of aromatic nitrogens is 2. The van der Waals surface area contributed by atoms with Gasteiger partial charge in [-0.2, -0.15) is 0 Å². The predicted octanol–water partition coefficient (Wildman–Crippen LogP) is 2.13. The quantitative estimate of drug-likeness (QED) is 0.879. The van der Waals surface area contributed by atoms with Crippen molar-refractivity contribution in [2.24, 2.45) is 0 Å². The summed E-state index contributed by atoms with van der Waals surface area (Å²) in [6, 6.07) is 4.24. The number of hydrogen-bond acceptors (Lipinski definition) is 4. The van der Waals surface area contributed by atoms with Crippen molar-refractivity contribution >= 4 is 28.7 Å². The minimum absolute atomic E-state index is 0.0812. The van der Waals surface area contributed by atoms with Gasteiger partial charge >= 0.3 is 0 Å².